The standard InChI is InChI=1S/C12H16O4/c1-12-6-4-3-5-9(12)8(11(14)16-12)7-10(13)15-2/h7,9H,3-6H2,1-2H3/b8-7+/t9-,12-/m1/s1. The number of fused-ring (bicyclic) bond motifs is 1. The third kappa shape index (κ3) is 1.72. The SMILES string of the molecule is COC(=O)/C=C1/C(=O)O[C@]2(C)CCCC[C@H]12. The molecule has 0 aromatic heterocycles. The molecule has 1 saturated heterocycles. The van der Waals surface area contributed by atoms with Crippen molar-refractivity contribution in [3.8, 4) is 0 Å². The first-order valence-corrected chi connectivity index (χ1v) is 5.60. The summed E-state index contributed by atoms with van der Waals surface area (Å²) >= 11 is 0. The molecule has 1 aliphatic carbocycles. The van der Waals surface area contributed by atoms with E-state index in [-0.39, 0.29) is 11.9 Å². The van der Waals surface area contributed by atoms with E-state index in [0.29, 0.717) is 5.57 Å². The fourth-order valence-corrected chi connectivity index (χ4v) is 2.67. The van der Waals surface area contributed by atoms with Crippen molar-refractivity contribution in [2.75, 3.05) is 7.11 Å². The molecular weight excluding hydrogens is 208 g/mol. The van der Waals surface area contributed by atoms with E-state index in [1.807, 2.05) is 6.92 Å². The van der Waals surface area contributed by atoms with Crippen LogP contribution in [0.3, 0.4) is 0 Å². The molecule has 0 radical (unpaired) electrons. The van der Waals surface area contributed by atoms with E-state index in [2.05, 4.69) is 4.74 Å². The van der Waals surface area contributed by atoms with Crippen molar-refractivity contribution in [1.29, 1.82) is 0 Å². The maximum atomic E-state index is 11.7. The number of esters is 2. The molecule has 1 heterocycles. The number of rotatable bonds is 1. The summed E-state index contributed by atoms with van der Waals surface area (Å²) in [6.45, 7) is 1.95. The fraction of sp³-hybridized carbons (Fsp3) is 0.667. The summed E-state index contributed by atoms with van der Waals surface area (Å²) in [5.74, 6) is -0.797. The van der Waals surface area contributed by atoms with Crippen LogP contribution in [0.25, 0.3) is 0 Å². The number of methoxy groups -OCH3 is 1. The minimum absolute atomic E-state index is 0.0489. The first kappa shape index (κ1) is 11.2. The van der Waals surface area contributed by atoms with Crippen LogP contribution >= 0.6 is 0 Å². The minimum Gasteiger partial charge on any atom is -0.466 e. The number of hydrogen-bond donors (Lipinski definition) is 0. The van der Waals surface area contributed by atoms with E-state index < -0.39 is 11.6 Å². The molecule has 88 valence electrons. The van der Waals surface area contributed by atoms with Crippen LogP contribution in [0.15, 0.2) is 11.6 Å². The van der Waals surface area contributed by atoms with Gasteiger partial charge in [0.25, 0.3) is 0 Å². The number of carbonyl (C=O) groups excluding carboxylic acids is 2. The molecule has 0 amide bonds. The molecule has 0 spiro atoms. The van der Waals surface area contributed by atoms with Gasteiger partial charge in [-0.15, -0.1) is 0 Å². The van der Waals surface area contributed by atoms with Crippen molar-refractivity contribution < 1.29 is 19.1 Å². The van der Waals surface area contributed by atoms with Crippen molar-refractivity contribution in [2.45, 2.75) is 38.2 Å². The van der Waals surface area contributed by atoms with Gasteiger partial charge in [-0.2, -0.15) is 0 Å². The molecule has 2 atom stereocenters. The van der Waals surface area contributed by atoms with Gasteiger partial charge in [-0.3, -0.25) is 0 Å². The van der Waals surface area contributed by atoms with Crippen LogP contribution in [-0.4, -0.2) is 24.6 Å². The van der Waals surface area contributed by atoms with Crippen LogP contribution in [0.2, 0.25) is 0 Å². The molecular formula is C12H16O4. The van der Waals surface area contributed by atoms with Crippen LogP contribution in [0.4, 0.5) is 0 Å². The average Bonchev–Trinajstić information content (AvgIpc) is 2.50. The normalized spacial score (nSPS) is 35.8. The Labute approximate surface area is 94.6 Å². The average molecular weight is 224 g/mol. The number of ether oxygens (including phenoxy) is 2. The summed E-state index contributed by atoms with van der Waals surface area (Å²) < 4.78 is 9.95. The van der Waals surface area contributed by atoms with Gasteiger partial charge in [-0.25, -0.2) is 9.59 Å². The molecule has 4 nitrogen and oxygen atoms in total. The Hall–Kier alpha value is -1.32. The van der Waals surface area contributed by atoms with Gasteiger partial charge in [-0.05, 0) is 26.2 Å². The lowest BCUT2D eigenvalue weighted by atomic mass is 9.74. The second kappa shape index (κ2) is 3.92. The van der Waals surface area contributed by atoms with Crippen LogP contribution in [-0.2, 0) is 19.1 Å². The van der Waals surface area contributed by atoms with Crippen molar-refractivity contribution in [1.82, 2.24) is 0 Å². The smallest absolute Gasteiger partial charge is 0.335 e. The number of carbonyl (C=O) groups is 2. The van der Waals surface area contributed by atoms with Gasteiger partial charge in [0.05, 0.1) is 12.7 Å². The van der Waals surface area contributed by atoms with E-state index in [4.69, 9.17) is 4.74 Å². The quantitative estimate of drug-likeness (QED) is 0.501. The third-order valence-corrected chi connectivity index (χ3v) is 3.56. The summed E-state index contributed by atoms with van der Waals surface area (Å²) in [5, 5.41) is 0. The van der Waals surface area contributed by atoms with Crippen molar-refractivity contribution in [2.24, 2.45) is 5.92 Å². The van der Waals surface area contributed by atoms with Gasteiger partial charge in [-0.1, -0.05) is 6.42 Å². The highest BCUT2D eigenvalue weighted by atomic mass is 16.6. The van der Waals surface area contributed by atoms with Gasteiger partial charge < -0.3 is 9.47 Å². The maximum absolute atomic E-state index is 11.7. The predicted octanol–water partition coefficient (Wildman–Crippen LogP) is 1.59. The molecule has 2 aliphatic rings. The first-order chi connectivity index (χ1) is 7.57. The van der Waals surface area contributed by atoms with Crippen LogP contribution < -0.4 is 0 Å². The van der Waals surface area contributed by atoms with Crippen molar-refractivity contribution in [3.63, 3.8) is 0 Å². The zero-order chi connectivity index (χ0) is 11.8. The largest absolute Gasteiger partial charge is 0.466 e. The van der Waals surface area contributed by atoms with Gasteiger partial charge in [0.1, 0.15) is 5.60 Å². The predicted molar refractivity (Wildman–Crippen MR) is 56.6 cm³/mol. The second-order valence-corrected chi connectivity index (χ2v) is 4.62. The molecule has 0 unspecified atom stereocenters. The van der Waals surface area contributed by atoms with E-state index in [1.54, 1.807) is 0 Å². The van der Waals surface area contributed by atoms with Crippen LogP contribution in [0.1, 0.15) is 32.6 Å². The topological polar surface area (TPSA) is 52.6 Å². The Bertz CT molecular complexity index is 358. The highest BCUT2D eigenvalue weighted by Gasteiger charge is 2.50. The molecule has 0 N–H and O–H groups in total. The molecule has 1 saturated carbocycles. The Morgan fingerprint density at radius 2 is 2.31 bits per heavy atom. The van der Waals surface area contributed by atoms with E-state index in [9.17, 15) is 9.59 Å². The Morgan fingerprint density at radius 1 is 1.56 bits per heavy atom. The summed E-state index contributed by atoms with van der Waals surface area (Å²) in [6, 6.07) is 0. The third-order valence-electron chi connectivity index (χ3n) is 3.56. The van der Waals surface area contributed by atoms with Gasteiger partial charge in [0.2, 0.25) is 0 Å². The molecule has 4 heteroatoms. The zero-order valence-electron chi connectivity index (χ0n) is 9.62. The molecule has 1 aliphatic heterocycles. The highest BCUT2D eigenvalue weighted by molar-refractivity contribution is 5.98. The lowest BCUT2D eigenvalue weighted by molar-refractivity contribution is -0.148. The van der Waals surface area contributed by atoms with E-state index in [1.165, 1.54) is 13.2 Å². The Balaban J connectivity index is 2.29. The van der Waals surface area contributed by atoms with E-state index >= 15 is 0 Å². The second-order valence-electron chi connectivity index (χ2n) is 4.62. The van der Waals surface area contributed by atoms with Crippen molar-refractivity contribution in [3.05, 3.63) is 11.6 Å². The Morgan fingerprint density at radius 3 is 3.00 bits per heavy atom. The fourth-order valence-electron chi connectivity index (χ4n) is 2.67. The van der Waals surface area contributed by atoms with E-state index in [0.717, 1.165) is 25.7 Å². The monoisotopic (exact) mass is 224 g/mol. The lowest BCUT2D eigenvalue weighted by Crippen LogP contribution is -2.35. The minimum atomic E-state index is -0.484. The molecule has 0 aromatic rings. The molecule has 16 heavy (non-hydrogen) atoms. The van der Waals surface area contributed by atoms with Crippen LogP contribution in [0, 0.1) is 5.92 Å². The van der Waals surface area contributed by atoms with Gasteiger partial charge >= 0.3 is 11.9 Å². The summed E-state index contributed by atoms with van der Waals surface area (Å²) in [6.07, 6.45) is 5.22. The molecule has 2 fully saturated rings. The molecule has 2 rings (SSSR count). The first-order valence-electron chi connectivity index (χ1n) is 5.60. The zero-order valence-corrected chi connectivity index (χ0v) is 9.62. The molecule has 0 aromatic carbocycles. The summed E-state index contributed by atoms with van der Waals surface area (Å²) in [7, 11) is 1.31. The molecule has 0 bridgehead atoms. The lowest BCUT2D eigenvalue weighted by Gasteiger charge is -2.33. The summed E-state index contributed by atoms with van der Waals surface area (Å²) in [4.78, 5) is 22.9. The van der Waals surface area contributed by atoms with Crippen molar-refractivity contribution >= 4 is 11.9 Å². The Kier molecular flexibility index (Phi) is 2.74. The van der Waals surface area contributed by atoms with Gasteiger partial charge in [0.15, 0.2) is 0 Å². The van der Waals surface area contributed by atoms with Gasteiger partial charge in [0, 0.05) is 12.0 Å². The summed E-state index contributed by atoms with van der Waals surface area (Å²) in [5.41, 5.74) is 0.0731. The van der Waals surface area contributed by atoms with Crippen LogP contribution in [0.5, 0.6) is 0 Å². The highest BCUT2D eigenvalue weighted by Crippen LogP contribution is 2.46. The number of hydrogen-bond acceptors (Lipinski definition) is 4. The maximum Gasteiger partial charge on any atom is 0.335 e.